The lowest BCUT2D eigenvalue weighted by atomic mass is 10.0. The Morgan fingerprint density at radius 3 is 2.89 bits per heavy atom. The van der Waals surface area contributed by atoms with Gasteiger partial charge < -0.3 is 5.32 Å². The highest BCUT2D eigenvalue weighted by atomic mass is 16.1. The molecule has 0 bridgehead atoms. The number of amides is 1. The minimum atomic E-state index is 0.0106. The van der Waals surface area contributed by atoms with E-state index in [2.05, 4.69) is 30.3 Å². The van der Waals surface area contributed by atoms with E-state index in [9.17, 15) is 4.79 Å². The van der Waals surface area contributed by atoms with Crippen LogP contribution in [0.2, 0.25) is 0 Å². The van der Waals surface area contributed by atoms with E-state index in [0.717, 1.165) is 5.69 Å². The van der Waals surface area contributed by atoms with Gasteiger partial charge in [-0.25, -0.2) is 0 Å². The number of aryl methyl sites for hydroxylation is 1. The molecular formula is C15H19N3O. The first-order valence-electron chi connectivity index (χ1n) is 6.52. The minimum absolute atomic E-state index is 0.0106. The molecule has 19 heavy (non-hydrogen) atoms. The van der Waals surface area contributed by atoms with Crippen LogP contribution in [-0.4, -0.2) is 15.7 Å². The molecule has 0 aliphatic heterocycles. The molecule has 1 aromatic heterocycles. The Morgan fingerprint density at radius 2 is 2.21 bits per heavy atom. The van der Waals surface area contributed by atoms with Crippen molar-refractivity contribution in [3.05, 3.63) is 48.3 Å². The third kappa shape index (κ3) is 3.95. The maximum Gasteiger partial charge on any atom is 0.226 e. The van der Waals surface area contributed by atoms with Gasteiger partial charge in [0.1, 0.15) is 0 Å². The lowest BCUT2D eigenvalue weighted by Gasteiger charge is -2.09. The molecule has 2 aromatic rings. The normalized spacial score (nSPS) is 10.7. The lowest BCUT2D eigenvalue weighted by molar-refractivity contribution is -0.116. The summed E-state index contributed by atoms with van der Waals surface area (Å²) in [4.78, 5) is 11.8. The molecule has 0 unspecified atom stereocenters. The van der Waals surface area contributed by atoms with Crippen molar-refractivity contribution in [1.29, 1.82) is 0 Å². The van der Waals surface area contributed by atoms with Crippen LogP contribution in [0.25, 0.3) is 0 Å². The summed E-state index contributed by atoms with van der Waals surface area (Å²) in [6.07, 6.45) is 3.99. The zero-order valence-corrected chi connectivity index (χ0v) is 11.3. The van der Waals surface area contributed by atoms with Gasteiger partial charge in [0.25, 0.3) is 0 Å². The smallest absolute Gasteiger partial charge is 0.226 e. The number of aromatic nitrogens is 2. The van der Waals surface area contributed by atoms with Crippen LogP contribution in [0.3, 0.4) is 0 Å². The summed E-state index contributed by atoms with van der Waals surface area (Å²) in [7, 11) is 0. The number of hydrogen-bond acceptors (Lipinski definition) is 2. The van der Waals surface area contributed by atoms with Crippen LogP contribution in [0, 0.1) is 0 Å². The zero-order chi connectivity index (χ0) is 13.7. The van der Waals surface area contributed by atoms with Crippen molar-refractivity contribution in [3.63, 3.8) is 0 Å². The van der Waals surface area contributed by atoms with Crippen LogP contribution in [0.1, 0.15) is 31.7 Å². The second-order valence-corrected chi connectivity index (χ2v) is 4.85. The van der Waals surface area contributed by atoms with Crippen molar-refractivity contribution in [1.82, 2.24) is 9.78 Å². The van der Waals surface area contributed by atoms with Crippen LogP contribution in [0.4, 0.5) is 5.69 Å². The first-order chi connectivity index (χ1) is 9.15. The quantitative estimate of drug-likeness (QED) is 0.895. The van der Waals surface area contributed by atoms with Gasteiger partial charge in [0.15, 0.2) is 0 Å². The standard InChI is InChI=1S/C15H19N3O/c1-12(2)13-5-3-6-14(11-13)17-15(19)7-10-18-9-4-8-16-18/h3-6,8-9,11-12H,7,10H2,1-2H3,(H,17,19). The number of benzene rings is 1. The number of nitrogens with one attached hydrogen (secondary N) is 1. The van der Waals surface area contributed by atoms with E-state index < -0.39 is 0 Å². The predicted molar refractivity (Wildman–Crippen MR) is 76.0 cm³/mol. The van der Waals surface area contributed by atoms with E-state index in [4.69, 9.17) is 0 Å². The molecule has 2 rings (SSSR count). The fourth-order valence-electron chi connectivity index (χ4n) is 1.85. The summed E-state index contributed by atoms with van der Waals surface area (Å²) in [6.45, 7) is 4.87. The molecular weight excluding hydrogens is 238 g/mol. The van der Waals surface area contributed by atoms with Gasteiger partial charge in [-0.05, 0) is 29.7 Å². The molecule has 0 fully saturated rings. The fraction of sp³-hybridized carbons (Fsp3) is 0.333. The molecule has 1 amide bonds. The van der Waals surface area contributed by atoms with E-state index >= 15 is 0 Å². The van der Waals surface area contributed by atoms with Crippen molar-refractivity contribution in [2.75, 3.05) is 5.32 Å². The van der Waals surface area contributed by atoms with Crippen LogP contribution >= 0.6 is 0 Å². The van der Waals surface area contributed by atoms with Crippen molar-refractivity contribution >= 4 is 11.6 Å². The molecule has 0 saturated heterocycles. The monoisotopic (exact) mass is 257 g/mol. The number of carbonyl (C=O) groups is 1. The summed E-state index contributed by atoms with van der Waals surface area (Å²) in [5.41, 5.74) is 2.08. The number of carbonyl (C=O) groups excluding carboxylic acids is 1. The molecule has 4 heteroatoms. The summed E-state index contributed by atoms with van der Waals surface area (Å²) in [6, 6.07) is 9.83. The molecule has 0 spiro atoms. The molecule has 0 aliphatic rings. The topological polar surface area (TPSA) is 46.9 Å². The highest BCUT2D eigenvalue weighted by Crippen LogP contribution is 2.18. The Kier molecular flexibility index (Phi) is 4.34. The number of nitrogens with zero attached hydrogens (tertiary/aromatic N) is 2. The molecule has 1 heterocycles. The second-order valence-electron chi connectivity index (χ2n) is 4.85. The van der Waals surface area contributed by atoms with Gasteiger partial charge in [-0.2, -0.15) is 5.10 Å². The van der Waals surface area contributed by atoms with Gasteiger partial charge in [-0.15, -0.1) is 0 Å². The average Bonchev–Trinajstić information content (AvgIpc) is 2.90. The van der Waals surface area contributed by atoms with Crippen molar-refractivity contribution in [2.45, 2.75) is 32.7 Å². The van der Waals surface area contributed by atoms with Gasteiger partial charge in [0.2, 0.25) is 5.91 Å². The van der Waals surface area contributed by atoms with E-state index in [0.29, 0.717) is 18.9 Å². The first kappa shape index (κ1) is 13.3. The van der Waals surface area contributed by atoms with E-state index in [1.54, 1.807) is 10.9 Å². The highest BCUT2D eigenvalue weighted by molar-refractivity contribution is 5.90. The average molecular weight is 257 g/mol. The second kappa shape index (κ2) is 6.18. The fourth-order valence-corrected chi connectivity index (χ4v) is 1.85. The third-order valence-corrected chi connectivity index (χ3v) is 2.96. The van der Waals surface area contributed by atoms with E-state index in [-0.39, 0.29) is 5.91 Å². The zero-order valence-electron chi connectivity index (χ0n) is 11.3. The van der Waals surface area contributed by atoms with Crippen molar-refractivity contribution < 1.29 is 4.79 Å². The first-order valence-corrected chi connectivity index (χ1v) is 6.52. The van der Waals surface area contributed by atoms with E-state index in [1.165, 1.54) is 5.56 Å². The number of anilines is 1. The number of rotatable bonds is 5. The van der Waals surface area contributed by atoms with Crippen LogP contribution in [-0.2, 0) is 11.3 Å². The Labute approximate surface area is 113 Å². The van der Waals surface area contributed by atoms with E-state index in [1.807, 2.05) is 30.5 Å². The summed E-state index contributed by atoms with van der Waals surface area (Å²) < 4.78 is 1.75. The molecule has 1 aromatic carbocycles. The molecule has 0 radical (unpaired) electrons. The van der Waals surface area contributed by atoms with Gasteiger partial charge >= 0.3 is 0 Å². The highest BCUT2D eigenvalue weighted by Gasteiger charge is 2.05. The number of hydrogen-bond donors (Lipinski definition) is 1. The van der Waals surface area contributed by atoms with Gasteiger partial charge in [0, 0.05) is 31.0 Å². The van der Waals surface area contributed by atoms with Crippen molar-refractivity contribution in [2.24, 2.45) is 0 Å². The summed E-state index contributed by atoms with van der Waals surface area (Å²) in [5, 5.41) is 6.99. The predicted octanol–water partition coefficient (Wildman–Crippen LogP) is 3.04. The maximum absolute atomic E-state index is 11.8. The van der Waals surface area contributed by atoms with Crippen LogP contribution < -0.4 is 5.32 Å². The summed E-state index contributed by atoms with van der Waals surface area (Å²) in [5.74, 6) is 0.470. The van der Waals surface area contributed by atoms with Crippen LogP contribution in [0.15, 0.2) is 42.7 Å². The molecule has 1 N–H and O–H groups in total. The Morgan fingerprint density at radius 1 is 1.37 bits per heavy atom. The van der Waals surface area contributed by atoms with Gasteiger partial charge in [-0.1, -0.05) is 26.0 Å². The Bertz CT molecular complexity index is 532. The third-order valence-electron chi connectivity index (χ3n) is 2.96. The Balaban J connectivity index is 1.89. The minimum Gasteiger partial charge on any atom is -0.326 e. The van der Waals surface area contributed by atoms with Crippen molar-refractivity contribution in [3.8, 4) is 0 Å². The van der Waals surface area contributed by atoms with Crippen LogP contribution in [0.5, 0.6) is 0 Å². The maximum atomic E-state index is 11.8. The molecule has 0 aliphatic carbocycles. The molecule has 100 valence electrons. The molecule has 0 saturated carbocycles. The molecule has 4 nitrogen and oxygen atoms in total. The summed E-state index contributed by atoms with van der Waals surface area (Å²) >= 11 is 0. The lowest BCUT2D eigenvalue weighted by Crippen LogP contribution is -2.14. The van der Waals surface area contributed by atoms with Gasteiger partial charge in [-0.3, -0.25) is 9.48 Å². The van der Waals surface area contributed by atoms with Gasteiger partial charge in [0.05, 0.1) is 0 Å². The molecule has 0 atom stereocenters. The SMILES string of the molecule is CC(C)c1cccc(NC(=O)CCn2cccn2)c1. The Hall–Kier alpha value is -2.10. The largest absolute Gasteiger partial charge is 0.326 e.